The molecule has 0 aliphatic rings. The Kier molecular flexibility index (Phi) is 5.21. The second-order valence-electron chi connectivity index (χ2n) is 5.68. The van der Waals surface area contributed by atoms with Crippen LogP contribution >= 0.6 is 15.9 Å². The number of benzene rings is 3. The summed E-state index contributed by atoms with van der Waals surface area (Å²) in [5, 5.41) is 5.96. The molecular formula is C21H20BrNO. The Bertz CT molecular complexity index is 873. The molecule has 0 aliphatic carbocycles. The van der Waals surface area contributed by atoms with E-state index < -0.39 is 0 Å². The molecule has 0 spiro atoms. The van der Waals surface area contributed by atoms with Gasteiger partial charge >= 0.3 is 0 Å². The Morgan fingerprint density at radius 3 is 2.75 bits per heavy atom. The van der Waals surface area contributed by atoms with Gasteiger partial charge in [0.25, 0.3) is 0 Å². The zero-order chi connectivity index (χ0) is 16.9. The average molecular weight is 382 g/mol. The van der Waals surface area contributed by atoms with Gasteiger partial charge in [0.2, 0.25) is 0 Å². The van der Waals surface area contributed by atoms with Crippen molar-refractivity contribution in [1.82, 2.24) is 0 Å². The van der Waals surface area contributed by atoms with Crippen molar-refractivity contribution in [2.24, 2.45) is 0 Å². The summed E-state index contributed by atoms with van der Waals surface area (Å²) in [5.41, 5.74) is 3.50. The van der Waals surface area contributed by atoms with Gasteiger partial charge in [-0.1, -0.05) is 58.9 Å². The first kappa shape index (κ1) is 16.6. The summed E-state index contributed by atoms with van der Waals surface area (Å²) >= 11 is 3.51. The van der Waals surface area contributed by atoms with Crippen LogP contribution in [-0.2, 0) is 6.54 Å². The third-order valence-corrected chi connectivity index (χ3v) is 4.49. The van der Waals surface area contributed by atoms with E-state index >= 15 is 0 Å². The Balaban J connectivity index is 1.95. The summed E-state index contributed by atoms with van der Waals surface area (Å²) in [6.45, 7) is 7.05. The number of ether oxygens (including phenoxy) is 1. The average Bonchev–Trinajstić information content (AvgIpc) is 2.59. The number of fused-ring (bicyclic) bond motifs is 1. The van der Waals surface area contributed by atoms with Crippen molar-refractivity contribution >= 4 is 32.4 Å². The van der Waals surface area contributed by atoms with Crippen LogP contribution in [0.4, 0.5) is 5.69 Å². The van der Waals surface area contributed by atoms with E-state index in [1.807, 2.05) is 12.1 Å². The van der Waals surface area contributed by atoms with E-state index in [0.29, 0.717) is 13.2 Å². The van der Waals surface area contributed by atoms with Crippen LogP contribution in [0.3, 0.4) is 0 Å². The van der Waals surface area contributed by atoms with E-state index in [-0.39, 0.29) is 0 Å². The fourth-order valence-corrected chi connectivity index (χ4v) is 3.27. The second-order valence-corrected chi connectivity index (χ2v) is 6.59. The molecule has 0 aliphatic heterocycles. The molecule has 3 heteroatoms. The summed E-state index contributed by atoms with van der Waals surface area (Å²) < 4.78 is 6.96. The molecule has 24 heavy (non-hydrogen) atoms. The van der Waals surface area contributed by atoms with Crippen LogP contribution in [0.1, 0.15) is 11.1 Å². The van der Waals surface area contributed by atoms with Crippen LogP contribution in [-0.4, -0.2) is 6.61 Å². The SMILES string of the molecule is C=CCOc1ccc2ccccc2c1CNc1ccc(Br)cc1C. The van der Waals surface area contributed by atoms with E-state index in [4.69, 9.17) is 4.74 Å². The van der Waals surface area contributed by atoms with E-state index in [9.17, 15) is 0 Å². The van der Waals surface area contributed by atoms with Crippen molar-refractivity contribution in [3.8, 4) is 5.75 Å². The van der Waals surface area contributed by atoms with Gasteiger partial charge in [0, 0.05) is 22.3 Å². The quantitative estimate of drug-likeness (QED) is 0.521. The lowest BCUT2D eigenvalue weighted by Gasteiger charge is -2.16. The Labute approximate surface area is 151 Å². The molecule has 1 N–H and O–H groups in total. The molecule has 0 unspecified atom stereocenters. The lowest BCUT2D eigenvalue weighted by atomic mass is 10.0. The largest absolute Gasteiger partial charge is 0.489 e. The molecule has 0 aromatic heterocycles. The molecular weight excluding hydrogens is 362 g/mol. The van der Waals surface area contributed by atoms with Crippen LogP contribution in [0.5, 0.6) is 5.75 Å². The molecule has 3 aromatic rings. The van der Waals surface area contributed by atoms with Crippen molar-refractivity contribution in [3.05, 3.63) is 82.9 Å². The molecule has 2 nitrogen and oxygen atoms in total. The van der Waals surface area contributed by atoms with Gasteiger partial charge in [-0.25, -0.2) is 0 Å². The third kappa shape index (κ3) is 3.62. The maximum Gasteiger partial charge on any atom is 0.125 e. The summed E-state index contributed by atoms with van der Waals surface area (Å²) in [7, 11) is 0. The smallest absolute Gasteiger partial charge is 0.125 e. The van der Waals surface area contributed by atoms with Gasteiger partial charge in [0.05, 0.1) is 0 Å². The molecule has 0 saturated heterocycles. The first-order chi connectivity index (χ1) is 11.7. The number of hydrogen-bond acceptors (Lipinski definition) is 2. The van der Waals surface area contributed by atoms with Crippen LogP contribution in [0.15, 0.2) is 71.7 Å². The molecule has 0 radical (unpaired) electrons. The minimum Gasteiger partial charge on any atom is -0.489 e. The van der Waals surface area contributed by atoms with Gasteiger partial charge in [-0.2, -0.15) is 0 Å². The molecule has 0 saturated carbocycles. The number of aryl methyl sites for hydroxylation is 1. The van der Waals surface area contributed by atoms with Crippen LogP contribution < -0.4 is 10.1 Å². The van der Waals surface area contributed by atoms with Gasteiger partial charge in [-0.05, 0) is 47.5 Å². The summed E-state index contributed by atoms with van der Waals surface area (Å²) in [6.07, 6.45) is 1.77. The van der Waals surface area contributed by atoms with Crippen LogP contribution in [0.2, 0.25) is 0 Å². The Hall–Kier alpha value is -2.26. The van der Waals surface area contributed by atoms with Crippen molar-refractivity contribution in [2.75, 3.05) is 11.9 Å². The minimum atomic E-state index is 0.503. The summed E-state index contributed by atoms with van der Waals surface area (Å²) in [6, 6.07) is 18.8. The van der Waals surface area contributed by atoms with Crippen LogP contribution in [0, 0.1) is 6.92 Å². The van der Waals surface area contributed by atoms with Crippen molar-refractivity contribution in [1.29, 1.82) is 0 Å². The highest BCUT2D eigenvalue weighted by atomic mass is 79.9. The van der Waals surface area contributed by atoms with Gasteiger partial charge in [0.1, 0.15) is 12.4 Å². The predicted octanol–water partition coefficient (Wildman–Crippen LogP) is 6.09. The predicted molar refractivity (Wildman–Crippen MR) is 106 cm³/mol. The fraction of sp³-hybridized carbons (Fsp3) is 0.143. The van der Waals surface area contributed by atoms with E-state index in [2.05, 4.69) is 77.2 Å². The molecule has 3 rings (SSSR count). The summed E-state index contributed by atoms with van der Waals surface area (Å²) in [5.74, 6) is 0.899. The molecule has 0 fully saturated rings. The first-order valence-electron chi connectivity index (χ1n) is 7.93. The third-order valence-electron chi connectivity index (χ3n) is 4.00. The van der Waals surface area contributed by atoms with E-state index in [1.165, 1.54) is 16.3 Å². The molecule has 0 amide bonds. The monoisotopic (exact) mass is 381 g/mol. The standard InChI is InChI=1S/C21H20BrNO/c1-3-12-24-21-11-8-16-6-4-5-7-18(16)19(21)14-23-20-10-9-17(22)13-15(20)2/h3-11,13,23H,1,12,14H2,2H3. The zero-order valence-corrected chi connectivity index (χ0v) is 15.3. The van der Waals surface area contributed by atoms with E-state index in [1.54, 1.807) is 6.08 Å². The van der Waals surface area contributed by atoms with Crippen molar-refractivity contribution < 1.29 is 4.74 Å². The highest BCUT2D eigenvalue weighted by Gasteiger charge is 2.09. The molecule has 0 atom stereocenters. The molecule has 3 aromatic carbocycles. The molecule has 0 bridgehead atoms. The maximum atomic E-state index is 5.87. The number of anilines is 1. The van der Waals surface area contributed by atoms with Gasteiger partial charge in [-0.3, -0.25) is 0 Å². The molecule has 0 heterocycles. The number of rotatable bonds is 6. The lowest BCUT2D eigenvalue weighted by Crippen LogP contribution is -2.05. The normalized spacial score (nSPS) is 10.6. The Morgan fingerprint density at radius 2 is 1.96 bits per heavy atom. The lowest BCUT2D eigenvalue weighted by molar-refractivity contribution is 0.360. The van der Waals surface area contributed by atoms with Crippen LogP contribution in [0.25, 0.3) is 10.8 Å². The fourth-order valence-electron chi connectivity index (χ4n) is 2.79. The minimum absolute atomic E-state index is 0.503. The van der Waals surface area contributed by atoms with Crippen molar-refractivity contribution in [3.63, 3.8) is 0 Å². The van der Waals surface area contributed by atoms with Gasteiger partial charge in [0.15, 0.2) is 0 Å². The highest BCUT2D eigenvalue weighted by Crippen LogP contribution is 2.30. The van der Waals surface area contributed by atoms with Gasteiger partial charge in [-0.15, -0.1) is 0 Å². The molecule has 122 valence electrons. The number of hydrogen-bond donors (Lipinski definition) is 1. The van der Waals surface area contributed by atoms with Crippen molar-refractivity contribution in [2.45, 2.75) is 13.5 Å². The Morgan fingerprint density at radius 1 is 1.12 bits per heavy atom. The number of halogens is 1. The van der Waals surface area contributed by atoms with Gasteiger partial charge < -0.3 is 10.1 Å². The highest BCUT2D eigenvalue weighted by molar-refractivity contribution is 9.10. The zero-order valence-electron chi connectivity index (χ0n) is 13.7. The number of nitrogens with one attached hydrogen (secondary N) is 1. The second kappa shape index (κ2) is 7.54. The summed E-state index contributed by atoms with van der Waals surface area (Å²) in [4.78, 5) is 0. The first-order valence-corrected chi connectivity index (χ1v) is 8.72. The van der Waals surface area contributed by atoms with E-state index in [0.717, 1.165) is 21.5 Å². The topological polar surface area (TPSA) is 21.3 Å². The maximum absolute atomic E-state index is 5.87.